The lowest BCUT2D eigenvalue weighted by atomic mass is 9.87. The molecular weight excluding hydrogens is 374 g/mol. The highest BCUT2D eigenvalue weighted by Gasteiger charge is 2.26. The Bertz CT molecular complexity index is 837. The fourth-order valence-electron chi connectivity index (χ4n) is 4.18. The topological polar surface area (TPSA) is 52.7 Å². The van der Waals surface area contributed by atoms with Gasteiger partial charge in [-0.3, -0.25) is 4.79 Å². The molecule has 0 bridgehead atoms. The van der Waals surface area contributed by atoms with Gasteiger partial charge in [-0.2, -0.15) is 0 Å². The van der Waals surface area contributed by atoms with Crippen LogP contribution < -0.4 is 5.32 Å². The van der Waals surface area contributed by atoms with Crippen LogP contribution in [-0.4, -0.2) is 47.9 Å². The largest absolute Gasteiger partial charge is 0.339 e. The van der Waals surface area contributed by atoms with E-state index in [2.05, 4.69) is 36.5 Å². The molecule has 0 aliphatic heterocycles. The summed E-state index contributed by atoms with van der Waals surface area (Å²) in [5.41, 5.74) is 3.85. The second kappa shape index (κ2) is 10.8. The van der Waals surface area contributed by atoms with Gasteiger partial charge in [-0.25, -0.2) is 4.79 Å². The number of rotatable bonds is 8. The molecule has 0 heterocycles. The van der Waals surface area contributed by atoms with Crippen molar-refractivity contribution in [1.82, 2.24) is 15.1 Å². The Morgan fingerprint density at radius 3 is 2.47 bits per heavy atom. The maximum absolute atomic E-state index is 12.9. The highest BCUT2D eigenvalue weighted by molar-refractivity contribution is 5.78. The van der Waals surface area contributed by atoms with E-state index in [-0.39, 0.29) is 18.0 Å². The number of hydrogen-bond donors (Lipinski definition) is 1. The zero-order valence-corrected chi connectivity index (χ0v) is 18.1. The zero-order chi connectivity index (χ0) is 21.3. The number of hydrogen-bond acceptors (Lipinski definition) is 2. The van der Waals surface area contributed by atoms with Crippen LogP contribution in [0.2, 0.25) is 0 Å². The molecule has 160 valence electrons. The Kier molecular flexibility index (Phi) is 7.89. The quantitative estimate of drug-likeness (QED) is 0.719. The van der Waals surface area contributed by atoms with E-state index < -0.39 is 0 Å². The summed E-state index contributed by atoms with van der Waals surface area (Å²) in [6.07, 6.45) is 4.23. The Balaban J connectivity index is 1.49. The van der Waals surface area contributed by atoms with Crippen molar-refractivity contribution in [2.45, 2.75) is 51.6 Å². The number of nitrogens with one attached hydrogen (secondary N) is 1. The summed E-state index contributed by atoms with van der Waals surface area (Å²) in [7, 11) is 1.77. The Morgan fingerprint density at radius 1 is 1.03 bits per heavy atom. The van der Waals surface area contributed by atoms with Crippen molar-refractivity contribution >= 4 is 11.9 Å². The number of carbonyl (C=O) groups is 2. The van der Waals surface area contributed by atoms with E-state index in [4.69, 9.17) is 0 Å². The van der Waals surface area contributed by atoms with Crippen molar-refractivity contribution in [3.8, 4) is 0 Å². The van der Waals surface area contributed by atoms with E-state index in [9.17, 15) is 9.59 Å². The van der Waals surface area contributed by atoms with Gasteiger partial charge in [0.1, 0.15) is 0 Å². The third-order valence-corrected chi connectivity index (χ3v) is 5.77. The molecule has 1 N–H and O–H groups in total. The van der Waals surface area contributed by atoms with E-state index in [1.807, 2.05) is 35.2 Å². The summed E-state index contributed by atoms with van der Waals surface area (Å²) >= 11 is 0. The van der Waals surface area contributed by atoms with Crippen molar-refractivity contribution in [1.29, 1.82) is 0 Å². The van der Waals surface area contributed by atoms with Gasteiger partial charge in [0.2, 0.25) is 5.91 Å². The lowest BCUT2D eigenvalue weighted by Crippen LogP contribution is -2.45. The number of aryl methyl sites for hydroxylation is 1. The van der Waals surface area contributed by atoms with E-state index in [0.717, 1.165) is 37.8 Å². The molecule has 1 aliphatic carbocycles. The first-order valence-corrected chi connectivity index (χ1v) is 11.0. The van der Waals surface area contributed by atoms with Gasteiger partial charge in [0.05, 0.1) is 0 Å². The Labute approximate surface area is 180 Å². The van der Waals surface area contributed by atoms with Gasteiger partial charge < -0.3 is 15.1 Å². The first kappa shape index (κ1) is 21.9. The highest BCUT2D eigenvalue weighted by atomic mass is 16.2. The summed E-state index contributed by atoms with van der Waals surface area (Å²) < 4.78 is 0. The number of nitrogens with zero attached hydrogens (tertiary/aromatic N) is 2. The van der Waals surface area contributed by atoms with Gasteiger partial charge in [-0.15, -0.1) is 0 Å². The number of amides is 3. The molecule has 0 radical (unpaired) electrons. The first-order chi connectivity index (χ1) is 14.6. The summed E-state index contributed by atoms with van der Waals surface area (Å²) in [6, 6.07) is 18.5. The van der Waals surface area contributed by atoms with Crippen LogP contribution in [0.15, 0.2) is 54.6 Å². The standard InChI is InChI=1S/C25H33N3O2/c1-3-17-28(23-14-13-21-11-7-8-12-22(21)18-23)24(29)15-16-26-25(30)27(2)19-20-9-5-4-6-10-20/h4-12,23H,3,13-19H2,1-2H3,(H,26,30). The average molecular weight is 408 g/mol. The van der Waals surface area contributed by atoms with Crippen molar-refractivity contribution in [3.63, 3.8) is 0 Å². The molecule has 0 aromatic heterocycles. The van der Waals surface area contributed by atoms with Crippen LogP contribution in [0.25, 0.3) is 0 Å². The molecule has 30 heavy (non-hydrogen) atoms. The van der Waals surface area contributed by atoms with Crippen LogP contribution in [0.3, 0.4) is 0 Å². The molecule has 5 nitrogen and oxygen atoms in total. The van der Waals surface area contributed by atoms with Crippen LogP contribution in [-0.2, 0) is 24.2 Å². The van der Waals surface area contributed by atoms with Gasteiger partial charge >= 0.3 is 6.03 Å². The number of benzene rings is 2. The average Bonchev–Trinajstić information content (AvgIpc) is 2.77. The van der Waals surface area contributed by atoms with E-state index in [0.29, 0.717) is 19.5 Å². The monoisotopic (exact) mass is 407 g/mol. The summed E-state index contributed by atoms with van der Waals surface area (Å²) in [5, 5.41) is 2.89. The SMILES string of the molecule is CCCN(C(=O)CCNC(=O)N(C)Cc1ccccc1)C1CCc2ccccc2C1. The van der Waals surface area contributed by atoms with Crippen molar-refractivity contribution in [2.75, 3.05) is 20.1 Å². The predicted octanol–water partition coefficient (Wildman–Crippen LogP) is 4.01. The summed E-state index contributed by atoms with van der Waals surface area (Å²) in [4.78, 5) is 29.0. The number of fused-ring (bicyclic) bond motifs is 1. The van der Waals surface area contributed by atoms with Crippen LogP contribution >= 0.6 is 0 Å². The van der Waals surface area contributed by atoms with Crippen LogP contribution in [0.5, 0.6) is 0 Å². The second-order valence-electron chi connectivity index (χ2n) is 8.08. The Morgan fingerprint density at radius 2 is 1.73 bits per heavy atom. The molecule has 3 amide bonds. The van der Waals surface area contributed by atoms with Crippen molar-refractivity contribution in [2.24, 2.45) is 0 Å². The number of urea groups is 1. The molecule has 0 fully saturated rings. The predicted molar refractivity (Wildman–Crippen MR) is 120 cm³/mol. The van der Waals surface area contributed by atoms with Gasteiger partial charge in [0.25, 0.3) is 0 Å². The van der Waals surface area contributed by atoms with Crippen LogP contribution in [0, 0.1) is 0 Å². The molecule has 2 aromatic carbocycles. The van der Waals surface area contributed by atoms with Crippen LogP contribution in [0.1, 0.15) is 42.9 Å². The fourth-order valence-corrected chi connectivity index (χ4v) is 4.18. The fraction of sp³-hybridized carbons (Fsp3) is 0.440. The van der Waals surface area contributed by atoms with E-state index in [1.165, 1.54) is 11.1 Å². The zero-order valence-electron chi connectivity index (χ0n) is 18.1. The maximum atomic E-state index is 12.9. The molecule has 2 aromatic rings. The Hall–Kier alpha value is -2.82. The van der Waals surface area contributed by atoms with E-state index >= 15 is 0 Å². The molecule has 3 rings (SSSR count). The van der Waals surface area contributed by atoms with E-state index in [1.54, 1.807) is 11.9 Å². The van der Waals surface area contributed by atoms with Crippen molar-refractivity contribution < 1.29 is 9.59 Å². The molecule has 0 saturated heterocycles. The normalized spacial score (nSPS) is 15.2. The van der Waals surface area contributed by atoms with Gasteiger partial charge in [-0.1, -0.05) is 61.5 Å². The molecule has 0 saturated carbocycles. The first-order valence-electron chi connectivity index (χ1n) is 11.0. The van der Waals surface area contributed by atoms with Crippen molar-refractivity contribution in [3.05, 3.63) is 71.3 Å². The minimum atomic E-state index is -0.153. The second-order valence-corrected chi connectivity index (χ2v) is 8.08. The third kappa shape index (κ3) is 5.85. The van der Waals surface area contributed by atoms with Crippen LogP contribution in [0.4, 0.5) is 4.79 Å². The molecule has 5 heteroatoms. The van der Waals surface area contributed by atoms with Gasteiger partial charge in [-0.05, 0) is 42.4 Å². The minimum absolute atomic E-state index is 0.132. The summed E-state index contributed by atoms with van der Waals surface area (Å²) in [5.74, 6) is 0.132. The summed E-state index contributed by atoms with van der Waals surface area (Å²) in [6.45, 7) is 3.79. The highest BCUT2D eigenvalue weighted by Crippen LogP contribution is 2.25. The lowest BCUT2D eigenvalue weighted by Gasteiger charge is -2.35. The number of carbonyl (C=O) groups excluding carboxylic acids is 2. The molecule has 1 aliphatic rings. The smallest absolute Gasteiger partial charge is 0.317 e. The molecule has 0 spiro atoms. The molecule has 1 unspecified atom stereocenters. The molecular formula is C25H33N3O2. The van der Waals surface area contributed by atoms with Gasteiger partial charge in [0.15, 0.2) is 0 Å². The maximum Gasteiger partial charge on any atom is 0.317 e. The van der Waals surface area contributed by atoms with Gasteiger partial charge in [0, 0.05) is 39.1 Å². The minimum Gasteiger partial charge on any atom is -0.339 e. The lowest BCUT2D eigenvalue weighted by molar-refractivity contribution is -0.133. The molecule has 1 atom stereocenters. The third-order valence-electron chi connectivity index (χ3n) is 5.77.